The van der Waals surface area contributed by atoms with Crippen molar-refractivity contribution in [2.75, 3.05) is 26.2 Å². The SMILES string of the molecule is C1CCC(CCN2CCCNC3(CCCC3)C2)CC1. The van der Waals surface area contributed by atoms with Crippen LogP contribution in [0.15, 0.2) is 0 Å². The number of nitrogens with zero attached hydrogens (tertiary/aromatic N) is 1. The first kappa shape index (κ1) is 13.9. The predicted octanol–water partition coefficient (Wildman–Crippen LogP) is 3.56. The summed E-state index contributed by atoms with van der Waals surface area (Å²) in [6.45, 7) is 5.29. The molecular weight excluding hydrogens is 232 g/mol. The average molecular weight is 264 g/mol. The first-order chi connectivity index (χ1) is 9.36. The van der Waals surface area contributed by atoms with Gasteiger partial charge in [0.25, 0.3) is 0 Å². The number of hydrogen-bond acceptors (Lipinski definition) is 2. The van der Waals surface area contributed by atoms with Gasteiger partial charge in [-0.25, -0.2) is 0 Å². The summed E-state index contributed by atoms with van der Waals surface area (Å²) in [5.41, 5.74) is 0.503. The zero-order chi connectivity index (χ0) is 13.0. The summed E-state index contributed by atoms with van der Waals surface area (Å²) in [5.74, 6) is 1.05. The molecule has 3 rings (SSSR count). The van der Waals surface area contributed by atoms with Crippen LogP contribution in [0.2, 0.25) is 0 Å². The lowest BCUT2D eigenvalue weighted by molar-refractivity contribution is 0.189. The second-order valence-electron chi connectivity index (χ2n) is 7.34. The highest BCUT2D eigenvalue weighted by Crippen LogP contribution is 2.32. The maximum Gasteiger partial charge on any atom is 0.0308 e. The van der Waals surface area contributed by atoms with E-state index in [1.165, 1.54) is 96.8 Å². The third-order valence-electron chi connectivity index (χ3n) is 5.82. The zero-order valence-corrected chi connectivity index (χ0v) is 12.6. The molecule has 0 amide bonds. The molecule has 2 aliphatic carbocycles. The molecule has 1 spiro atoms. The van der Waals surface area contributed by atoms with Gasteiger partial charge in [-0.1, -0.05) is 44.9 Å². The van der Waals surface area contributed by atoms with Crippen LogP contribution in [0.4, 0.5) is 0 Å². The fourth-order valence-electron chi connectivity index (χ4n) is 4.64. The van der Waals surface area contributed by atoms with Crippen molar-refractivity contribution in [1.29, 1.82) is 0 Å². The first-order valence-electron chi connectivity index (χ1n) is 8.84. The minimum atomic E-state index is 0.503. The summed E-state index contributed by atoms with van der Waals surface area (Å²) in [6, 6.07) is 0. The van der Waals surface area contributed by atoms with Gasteiger partial charge < -0.3 is 10.2 Å². The second kappa shape index (κ2) is 6.58. The lowest BCUT2D eigenvalue weighted by Crippen LogP contribution is -2.49. The van der Waals surface area contributed by atoms with E-state index in [1.54, 1.807) is 0 Å². The lowest BCUT2D eigenvalue weighted by Gasteiger charge is -2.34. The van der Waals surface area contributed by atoms with E-state index in [4.69, 9.17) is 0 Å². The van der Waals surface area contributed by atoms with Crippen LogP contribution in [0, 0.1) is 5.92 Å². The summed E-state index contributed by atoms with van der Waals surface area (Å²) in [4.78, 5) is 2.79. The molecule has 2 nitrogen and oxygen atoms in total. The van der Waals surface area contributed by atoms with Gasteiger partial charge in [-0.05, 0) is 51.2 Å². The van der Waals surface area contributed by atoms with Crippen molar-refractivity contribution in [2.45, 2.75) is 76.2 Å². The topological polar surface area (TPSA) is 15.3 Å². The van der Waals surface area contributed by atoms with E-state index in [2.05, 4.69) is 10.2 Å². The van der Waals surface area contributed by atoms with E-state index >= 15 is 0 Å². The van der Waals surface area contributed by atoms with Crippen LogP contribution < -0.4 is 5.32 Å². The molecule has 1 heterocycles. The van der Waals surface area contributed by atoms with Crippen LogP contribution in [-0.4, -0.2) is 36.6 Å². The van der Waals surface area contributed by atoms with Crippen molar-refractivity contribution in [2.24, 2.45) is 5.92 Å². The molecule has 0 unspecified atom stereocenters. The summed E-state index contributed by atoms with van der Waals surface area (Å²) in [7, 11) is 0. The van der Waals surface area contributed by atoms with Crippen LogP contribution in [0.25, 0.3) is 0 Å². The molecule has 0 aromatic rings. The third kappa shape index (κ3) is 3.72. The lowest BCUT2D eigenvalue weighted by atomic mass is 9.87. The Morgan fingerprint density at radius 1 is 0.947 bits per heavy atom. The number of rotatable bonds is 3. The molecule has 2 heteroatoms. The Morgan fingerprint density at radius 3 is 2.53 bits per heavy atom. The molecule has 0 bridgehead atoms. The molecule has 3 aliphatic rings. The van der Waals surface area contributed by atoms with Crippen molar-refractivity contribution in [3.05, 3.63) is 0 Å². The highest BCUT2D eigenvalue weighted by Gasteiger charge is 2.36. The van der Waals surface area contributed by atoms with E-state index in [9.17, 15) is 0 Å². The molecule has 0 atom stereocenters. The largest absolute Gasteiger partial charge is 0.310 e. The van der Waals surface area contributed by atoms with E-state index in [1.807, 2.05) is 0 Å². The third-order valence-corrected chi connectivity index (χ3v) is 5.82. The van der Waals surface area contributed by atoms with Crippen LogP contribution in [0.5, 0.6) is 0 Å². The Kier molecular flexibility index (Phi) is 4.81. The van der Waals surface area contributed by atoms with Crippen LogP contribution in [0.1, 0.15) is 70.6 Å². The van der Waals surface area contributed by atoms with Gasteiger partial charge in [0, 0.05) is 12.1 Å². The maximum atomic E-state index is 3.88. The minimum Gasteiger partial charge on any atom is -0.310 e. The molecule has 2 saturated carbocycles. The Hall–Kier alpha value is -0.0800. The Balaban J connectivity index is 1.48. The Morgan fingerprint density at radius 2 is 1.74 bits per heavy atom. The highest BCUT2D eigenvalue weighted by atomic mass is 15.2. The zero-order valence-electron chi connectivity index (χ0n) is 12.6. The molecule has 0 aromatic heterocycles. The fraction of sp³-hybridized carbons (Fsp3) is 1.00. The highest BCUT2D eigenvalue weighted by molar-refractivity contribution is 4.96. The molecule has 1 N–H and O–H groups in total. The van der Waals surface area contributed by atoms with Crippen LogP contribution in [-0.2, 0) is 0 Å². The maximum absolute atomic E-state index is 3.88. The fourth-order valence-corrected chi connectivity index (χ4v) is 4.64. The molecule has 3 fully saturated rings. The molecule has 0 aromatic carbocycles. The van der Waals surface area contributed by atoms with Gasteiger partial charge in [0.05, 0.1) is 0 Å². The predicted molar refractivity (Wildman–Crippen MR) is 81.5 cm³/mol. The summed E-state index contributed by atoms with van der Waals surface area (Å²) >= 11 is 0. The molecule has 0 radical (unpaired) electrons. The number of nitrogens with one attached hydrogen (secondary N) is 1. The molecule has 1 saturated heterocycles. The monoisotopic (exact) mass is 264 g/mol. The summed E-state index contributed by atoms with van der Waals surface area (Å²) < 4.78 is 0. The molecule has 19 heavy (non-hydrogen) atoms. The number of hydrogen-bond donors (Lipinski definition) is 1. The first-order valence-corrected chi connectivity index (χ1v) is 8.84. The van der Waals surface area contributed by atoms with E-state index < -0.39 is 0 Å². The standard InChI is InChI=1S/C17H32N2/c1-2-7-16(8-3-1)9-14-19-13-6-12-18-17(15-19)10-4-5-11-17/h16,18H,1-15H2. The van der Waals surface area contributed by atoms with Crippen LogP contribution >= 0.6 is 0 Å². The van der Waals surface area contributed by atoms with Crippen molar-refractivity contribution in [3.8, 4) is 0 Å². The molecular formula is C17H32N2. The average Bonchev–Trinajstić information content (AvgIpc) is 2.80. The van der Waals surface area contributed by atoms with E-state index in [-0.39, 0.29) is 0 Å². The van der Waals surface area contributed by atoms with Gasteiger partial charge in [-0.3, -0.25) is 0 Å². The van der Waals surface area contributed by atoms with Crippen molar-refractivity contribution in [1.82, 2.24) is 10.2 Å². The van der Waals surface area contributed by atoms with Gasteiger partial charge in [0.2, 0.25) is 0 Å². The van der Waals surface area contributed by atoms with Gasteiger partial charge in [-0.15, -0.1) is 0 Å². The normalized spacial score (nSPS) is 29.7. The van der Waals surface area contributed by atoms with Crippen LogP contribution in [0.3, 0.4) is 0 Å². The van der Waals surface area contributed by atoms with Crippen molar-refractivity contribution in [3.63, 3.8) is 0 Å². The van der Waals surface area contributed by atoms with Crippen molar-refractivity contribution >= 4 is 0 Å². The Bertz CT molecular complexity index is 264. The molecule has 110 valence electrons. The minimum absolute atomic E-state index is 0.503. The Labute approximate surface area is 119 Å². The summed E-state index contributed by atoms with van der Waals surface area (Å²) in [5, 5.41) is 3.88. The van der Waals surface area contributed by atoms with Crippen molar-refractivity contribution < 1.29 is 0 Å². The van der Waals surface area contributed by atoms with Gasteiger partial charge in [-0.2, -0.15) is 0 Å². The molecule has 1 aliphatic heterocycles. The quantitative estimate of drug-likeness (QED) is 0.838. The van der Waals surface area contributed by atoms with Gasteiger partial charge >= 0.3 is 0 Å². The van der Waals surface area contributed by atoms with E-state index in [0.29, 0.717) is 5.54 Å². The van der Waals surface area contributed by atoms with Gasteiger partial charge in [0.1, 0.15) is 0 Å². The summed E-state index contributed by atoms with van der Waals surface area (Å²) in [6.07, 6.45) is 16.1. The smallest absolute Gasteiger partial charge is 0.0308 e. The van der Waals surface area contributed by atoms with E-state index in [0.717, 1.165) is 5.92 Å². The van der Waals surface area contributed by atoms with Gasteiger partial charge in [0.15, 0.2) is 0 Å². The second-order valence-corrected chi connectivity index (χ2v) is 7.34.